The van der Waals surface area contributed by atoms with Gasteiger partial charge in [0.25, 0.3) is 5.91 Å². The molecule has 2 aliphatic rings. The van der Waals surface area contributed by atoms with Crippen molar-refractivity contribution in [3.8, 4) is 5.75 Å². The van der Waals surface area contributed by atoms with Gasteiger partial charge in [-0.05, 0) is 68.8 Å². The minimum atomic E-state index is -0.278. The number of ether oxygens (including phenoxy) is 1. The van der Waals surface area contributed by atoms with Crippen molar-refractivity contribution in [1.29, 1.82) is 0 Å². The fraction of sp³-hybridized carbons (Fsp3) is 0.654. The number of carbonyl (C=O) groups is 3. The lowest BCUT2D eigenvalue weighted by Crippen LogP contribution is -2.50. The molecule has 2 heterocycles. The number of nitrogens with zero attached hydrogens (tertiary/aromatic N) is 2. The highest BCUT2D eigenvalue weighted by molar-refractivity contribution is 6.31. The van der Waals surface area contributed by atoms with Crippen LogP contribution in [0.1, 0.15) is 56.8 Å². The zero-order chi connectivity index (χ0) is 25.4. The molecule has 0 aliphatic carbocycles. The van der Waals surface area contributed by atoms with E-state index in [1.165, 1.54) is 0 Å². The summed E-state index contributed by atoms with van der Waals surface area (Å²) in [5, 5.41) is 6.41. The Balaban J connectivity index is 1.71. The second-order valence-corrected chi connectivity index (χ2v) is 10.5. The van der Waals surface area contributed by atoms with Gasteiger partial charge in [0.05, 0.1) is 24.7 Å². The van der Waals surface area contributed by atoms with Crippen molar-refractivity contribution in [3.63, 3.8) is 0 Å². The number of amides is 3. The van der Waals surface area contributed by atoms with Crippen LogP contribution in [0.5, 0.6) is 5.75 Å². The maximum absolute atomic E-state index is 13.1. The molecule has 0 radical (unpaired) electrons. The highest BCUT2D eigenvalue weighted by Crippen LogP contribution is 2.24. The first kappa shape index (κ1) is 27.3. The van der Waals surface area contributed by atoms with E-state index in [1.54, 1.807) is 23.1 Å². The Morgan fingerprint density at radius 1 is 1.17 bits per heavy atom. The Bertz CT molecular complexity index is 886. The third-order valence-electron chi connectivity index (χ3n) is 6.82. The summed E-state index contributed by atoms with van der Waals surface area (Å²) >= 11 is 6.12. The van der Waals surface area contributed by atoms with Crippen molar-refractivity contribution in [2.24, 2.45) is 11.8 Å². The molecule has 1 aromatic carbocycles. The van der Waals surface area contributed by atoms with Gasteiger partial charge in [-0.1, -0.05) is 32.4 Å². The smallest absolute Gasteiger partial charge is 0.255 e. The van der Waals surface area contributed by atoms with Gasteiger partial charge in [-0.25, -0.2) is 0 Å². The summed E-state index contributed by atoms with van der Waals surface area (Å²) < 4.78 is 5.97. The molecule has 0 saturated carbocycles. The Kier molecular flexibility index (Phi) is 10.2. The molecule has 0 aromatic heterocycles. The summed E-state index contributed by atoms with van der Waals surface area (Å²) in [6.07, 6.45) is 3.56. The second-order valence-electron chi connectivity index (χ2n) is 10.1. The van der Waals surface area contributed by atoms with Gasteiger partial charge in [0, 0.05) is 18.1 Å². The van der Waals surface area contributed by atoms with Crippen molar-refractivity contribution in [2.75, 3.05) is 45.9 Å². The Labute approximate surface area is 213 Å². The van der Waals surface area contributed by atoms with Crippen molar-refractivity contribution >= 4 is 29.3 Å². The van der Waals surface area contributed by atoms with Crippen LogP contribution >= 0.6 is 11.6 Å². The molecule has 0 bridgehead atoms. The fourth-order valence-corrected chi connectivity index (χ4v) is 4.51. The van der Waals surface area contributed by atoms with Gasteiger partial charge < -0.3 is 20.3 Å². The van der Waals surface area contributed by atoms with Crippen LogP contribution in [0.3, 0.4) is 0 Å². The standard InChI is InChI=1S/C26H39ClN4O4/c1-18(2)22-17-35-23-7-6-20(27)14-21(23)26(34)28-10-4-5-11-31(15-24(32)29-22)25(33)16-30-12-8-19(3)9-13-30/h6-7,14,18-19,22H,4-5,8-13,15-17H2,1-3H3,(H,28,34)(H,29,32)/t22-/m1/s1. The largest absolute Gasteiger partial charge is 0.491 e. The number of piperidine rings is 1. The minimum absolute atomic E-state index is 0.0187. The summed E-state index contributed by atoms with van der Waals surface area (Å²) in [5.74, 6) is 0.733. The van der Waals surface area contributed by atoms with Crippen LogP contribution in [0.25, 0.3) is 0 Å². The molecule has 1 fully saturated rings. The van der Waals surface area contributed by atoms with Crippen LogP contribution < -0.4 is 15.4 Å². The zero-order valence-electron chi connectivity index (χ0n) is 21.1. The van der Waals surface area contributed by atoms with Gasteiger partial charge >= 0.3 is 0 Å². The predicted molar refractivity (Wildman–Crippen MR) is 137 cm³/mol. The van der Waals surface area contributed by atoms with E-state index in [0.29, 0.717) is 54.7 Å². The maximum atomic E-state index is 13.1. The highest BCUT2D eigenvalue weighted by atomic mass is 35.5. The van der Waals surface area contributed by atoms with Crippen molar-refractivity contribution in [3.05, 3.63) is 28.8 Å². The van der Waals surface area contributed by atoms with Gasteiger partial charge in [-0.3, -0.25) is 19.3 Å². The van der Waals surface area contributed by atoms with Crippen LogP contribution in [0.15, 0.2) is 18.2 Å². The first-order valence-corrected chi connectivity index (χ1v) is 13.1. The van der Waals surface area contributed by atoms with Crippen LogP contribution in [-0.2, 0) is 9.59 Å². The van der Waals surface area contributed by atoms with Gasteiger partial charge in [0.1, 0.15) is 12.4 Å². The third kappa shape index (κ3) is 8.39. The quantitative estimate of drug-likeness (QED) is 0.657. The number of hydrogen-bond donors (Lipinski definition) is 2. The lowest BCUT2D eigenvalue weighted by molar-refractivity contribution is -0.137. The average molecular weight is 507 g/mol. The van der Waals surface area contributed by atoms with Crippen LogP contribution in [-0.4, -0.2) is 79.4 Å². The number of hydrogen-bond acceptors (Lipinski definition) is 5. The zero-order valence-corrected chi connectivity index (χ0v) is 21.9. The van der Waals surface area contributed by atoms with E-state index in [1.807, 2.05) is 13.8 Å². The summed E-state index contributed by atoms with van der Waals surface area (Å²) in [5.41, 5.74) is 0.369. The Hall–Kier alpha value is -2.32. The molecule has 2 aliphatic heterocycles. The number of fused-ring (bicyclic) bond motifs is 1. The molecule has 0 spiro atoms. The van der Waals surface area contributed by atoms with Crippen molar-refractivity contribution in [2.45, 2.75) is 52.5 Å². The summed E-state index contributed by atoms with van der Waals surface area (Å²) in [7, 11) is 0. The highest BCUT2D eigenvalue weighted by Gasteiger charge is 2.25. The molecular formula is C26H39ClN4O4. The Morgan fingerprint density at radius 2 is 1.91 bits per heavy atom. The number of benzene rings is 1. The number of likely N-dealkylation sites (tertiary alicyclic amines) is 1. The monoisotopic (exact) mass is 506 g/mol. The van der Waals surface area contributed by atoms with E-state index >= 15 is 0 Å². The first-order chi connectivity index (χ1) is 16.7. The number of halogens is 1. The second kappa shape index (κ2) is 13.1. The molecule has 1 aromatic rings. The molecule has 35 heavy (non-hydrogen) atoms. The third-order valence-corrected chi connectivity index (χ3v) is 7.05. The molecule has 0 unspecified atom stereocenters. The summed E-state index contributed by atoms with van der Waals surface area (Å²) in [6.45, 7) is 9.55. The van der Waals surface area contributed by atoms with Crippen LogP contribution in [0.4, 0.5) is 0 Å². The van der Waals surface area contributed by atoms with Gasteiger partial charge in [0.15, 0.2) is 0 Å². The minimum Gasteiger partial charge on any atom is -0.491 e. The van der Waals surface area contributed by atoms with Crippen LogP contribution in [0, 0.1) is 11.8 Å². The van der Waals surface area contributed by atoms with E-state index in [2.05, 4.69) is 22.5 Å². The van der Waals surface area contributed by atoms with Gasteiger partial charge in [-0.2, -0.15) is 0 Å². The van der Waals surface area contributed by atoms with Gasteiger partial charge in [0.2, 0.25) is 11.8 Å². The molecule has 1 atom stereocenters. The van der Waals surface area contributed by atoms with Crippen molar-refractivity contribution < 1.29 is 19.1 Å². The van der Waals surface area contributed by atoms with Crippen molar-refractivity contribution in [1.82, 2.24) is 20.4 Å². The van der Waals surface area contributed by atoms with E-state index < -0.39 is 0 Å². The molecule has 8 nitrogen and oxygen atoms in total. The van der Waals surface area contributed by atoms with E-state index in [9.17, 15) is 14.4 Å². The maximum Gasteiger partial charge on any atom is 0.255 e. The van der Waals surface area contributed by atoms with E-state index in [4.69, 9.17) is 16.3 Å². The molecule has 3 rings (SSSR count). The molecule has 3 amide bonds. The predicted octanol–water partition coefficient (Wildman–Crippen LogP) is 2.94. The van der Waals surface area contributed by atoms with Crippen LogP contribution in [0.2, 0.25) is 5.02 Å². The normalized spacial score (nSPS) is 21.9. The molecule has 194 valence electrons. The average Bonchev–Trinajstić information content (AvgIpc) is 2.82. The lowest BCUT2D eigenvalue weighted by atomic mass is 9.99. The number of carbonyl (C=O) groups excluding carboxylic acids is 3. The molecule has 9 heteroatoms. The number of nitrogens with one attached hydrogen (secondary N) is 2. The molecule has 2 N–H and O–H groups in total. The van der Waals surface area contributed by atoms with E-state index in [-0.39, 0.29) is 42.8 Å². The molecule has 1 saturated heterocycles. The molecular weight excluding hydrogens is 468 g/mol. The summed E-state index contributed by atoms with van der Waals surface area (Å²) in [6, 6.07) is 4.67. The summed E-state index contributed by atoms with van der Waals surface area (Å²) in [4.78, 5) is 42.7. The van der Waals surface area contributed by atoms with E-state index in [0.717, 1.165) is 25.9 Å². The topological polar surface area (TPSA) is 91.0 Å². The lowest BCUT2D eigenvalue weighted by Gasteiger charge is -2.32. The SMILES string of the molecule is CC1CCN(CC(=O)N2CCCCNC(=O)c3cc(Cl)ccc3OC[C@H](C(C)C)NC(=O)C2)CC1. The van der Waals surface area contributed by atoms with Gasteiger partial charge in [-0.15, -0.1) is 0 Å². The Morgan fingerprint density at radius 3 is 2.63 bits per heavy atom. The number of rotatable bonds is 3. The fourth-order valence-electron chi connectivity index (χ4n) is 4.34. The first-order valence-electron chi connectivity index (χ1n) is 12.7.